The SMILES string of the molecule is COc1ccccc1NC(=[NH+]C1(C(Cl)(Cl)Cl)Oc2ccccc2O1)C(F)(F)F. The summed E-state index contributed by atoms with van der Waals surface area (Å²) in [4.78, 5) is 2.04. The molecule has 150 valence electrons. The number of amidine groups is 1. The van der Waals surface area contributed by atoms with Crippen molar-refractivity contribution in [3.05, 3.63) is 48.5 Å². The molecule has 5 nitrogen and oxygen atoms in total. The third kappa shape index (κ3) is 4.04. The number of fused-ring (bicyclic) bond motifs is 1. The molecule has 0 aliphatic carbocycles. The van der Waals surface area contributed by atoms with Crippen LogP contribution in [0.5, 0.6) is 17.2 Å². The number of alkyl halides is 6. The topological polar surface area (TPSA) is 53.7 Å². The summed E-state index contributed by atoms with van der Waals surface area (Å²) in [5, 5.41) is 2.21. The maximum atomic E-state index is 13.7. The van der Waals surface area contributed by atoms with Gasteiger partial charge in [-0.15, -0.1) is 0 Å². The number of halogens is 6. The fraction of sp³-hybridized carbons (Fsp3) is 0.235. The highest BCUT2D eigenvalue weighted by atomic mass is 35.6. The van der Waals surface area contributed by atoms with Crippen LogP contribution in [-0.4, -0.2) is 28.8 Å². The number of para-hydroxylation sites is 4. The number of ether oxygens (including phenoxy) is 3. The quantitative estimate of drug-likeness (QED) is 0.421. The summed E-state index contributed by atoms with van der Waals surface area (Å²) in [6.07, 6.45) is -4.90. The molecule has 0 bridgehead atoms. The van der Waals surface area contributed by atoms with E-state index in [0.29, 0.717) is 0 Å². The molecule has 0 radical (unpaired) electrons. The average molecular weight is 457 g/mol. The van der Waals surface area contributed by atoms with Gasteiger partial charge in [0.25, 0.3) is 0 Å². The van der Waals surface area contributed by atoms with Crippen molar-refractivity contribution in [3.8, 4) is 17.2 Å². The highest BCUT2D eigenvalue weighted by Gasteiger charge is 2.63. The van der Waals surface area contributed by atoms with Gasteiger partial charge in [0.15, 0.2) is 22.9 Å². The van der Waals surface area contributed by atoms with Crippen molar-refractivity contribution < 1.29 is 32.4 Å². The third-order valence-corrected chi connectivity index (χ3v) is 4.42. The van der Waals surface area contributed by atoms with E-state index in [-0.39, 0.29) is 22.9 Å². The third-order valence-electron chi connectivity index (χ3n) is 3.67. The van der Waals surface area contributed by atoms with Crippen LogP contribution < -0.4 is 24.5 Å². The van der Waals surface area contributed by atoms with Crippen molar-refractivity contribution in [3.63, 3.8) is 0 Å². The van der Waals surface area contributed by atoms with Crippen LogP contribution in [0.1, 0.15) is 0 Å². The average Bonchev–Trinajstić information content (AvgIpc) is 3.00. The predicted molar refractivity (Wildman–Crippen MR) is 99.4 cm³/mol. The molecule has 1 aliphatic rings. The number of rotatable bonds is 3. The minimum absolute atomic E-state index is 0.0276. The molecule has 28 heavy (non-hydrogen) atoms. The lowest BCUT2D eigenvalue weighted by atomic mass is 10.3. The Kier molecular flexibility index (Phi) is 5.49. The number of anilines is 1. The summed E-state index contributed by atoms with van der Waals surface area (Å²) in [7, 11) is 1.32. The highest BCUT2D eigenvalue weighted by molar-refractivity contribution is 6.68. The van der Waals surface area contributed by atoms with E-state index >= 15 is 0 Å². The molecular weight excluding hydrogens is 444 g/mol. The van der Waals surface area contributed by atoms with E-state index in [1.165, 1.54) is 37.4 Å². The van der Waals surface area contributed by atoms with Gasteiger partial charge in [0.05, 0.1) is 7.11 Å². The fourth-order valence-electron chi connectivity index (χ4n) is 2.41. The van der Waals surface area contributed by atoms with Crippen molar-refractivity contribution in [2.75, 3.05) is 12.4 Å². The molecule has 0 unspecified atom stereocenters. The van der Waals surface area contributed by atoms with Crippen molar-refractivity contribution >= 4 is 46.3 Å². The van der Waals surface area contributed by atoms with Gasteiger partial charge >= 0.3 is 21.7 Å². The minimum Gasteiger partial charge on any atom is -0.492 e. The van der Waals surface area contributed by atoms with Gasteiger partial charge in [0.1, 0.15) is 0 Å². The summed E-state index contributed by atoms with van der Waals surface area (Å²) < 4.78 is 54.8. The molecule has 11 heteroatoms. The van der Waals surface area contributed by atoms with E-state index in [4.69, 9.17) is 49.0 Å². The molecule has 2 aromatic rings. The monoisotopic (exact) mass is 455 g/mol. The van der Waals surface area contributed by atoms with Crippen molar-refractivity contribution in [1.29, 1.82) is 0 Å². The Morgan fingerprint density at radius 1 is 1.00 bits per heavy atom. The van der Waals surface area contributed by atoms with Crippen LogP contribution in [0.25, 0.3) is 0 Å². The molecule has 0 aromatic heterocycles. The lowest BCUT2D eigenvalue weighted by Gasteiger charge is -2.27. The fourth-order valence-corrected chi connectivity index (χ4v) is 2.78. The molecule has 1 aliphatic heterocycles. The van der Waals surface area contributed by atoms with Crippen LogP contribution in [0.2, 0.25) is 0 Å². The van der Waals surface area contributed by atoms with Gasteiger partial charge in [-0.3, -0.25) is 0 Å². The molecule has 0 spiro atoms. The number of methoxy groups -OCH3 is 1. The summed E-state index contributed by atoms with van der Waals surface area (Å²) in [5.74, 6) is -3.46. The maximum Gasteiger partial charge on any atom is 0.494 e. The number of hydrogen-bond donors (Lipinski definition) is 2. The standard InChI is InChI=1S/C17H12Cl3F3N2O3/c1-26-11-7-3-2-6-10(11)24-14(15(21,22)23)25-17(16(18,19)20)27-12-8-4-5-9-13(12)28-17/h2-9H,1H3,(H,24,25)/p+1. The first kappa shape index (κ1) is 20.7. The summed E-state index contributed by atoms with van der Waals surface area (Å²) in [6, 6.07) is 12.1. The van der Waals surface area contributed by atoms with E-state index < -0.39 is 21.7 Å². The van der Waals surface area contributed by atoms with Crippen LogP contribution in [0.4, 0.5) is 18.9 Å². The first-order valence-corrected chi connectivity index (χ1v) is 8.85. The normalized spacial score (nSPS) is 16.0. The van der Waals surface area contributed by atoms with E-state index in [0.717, 1.165) is 0 Å². The van der Waals surface area contributed by atoms with Crippen LogP contribution in [0.15, 0.2) is 48.5 Å². The maximum absolute atomic E-state index is 13.7. The molecule has 0 fully saturated rings. The Morgan fingerprint density at radius 2 is 1.54 bits per heavy atom. The lowest BCUT2D eigenvalue weighted by molar-refractivity contribution is -0.652. The van der Waals surface area contributed by atoms with Gasteiger partial charge in [0.2, 0.25) is 0 Å². The van der Waals surface area contributed by atoms with Gasteiger partial charge in [-0.1, -0.05) is 59.1 Å². The summed E-state index contributed by atoms with van der Waals surface area (Å²) in [5.41, 5.74) is 0.0276. The smallest absolute Gasteiger partial charge is 0.492 e. The highest BCUT2D eigenvalue weighted by Crippen LogP contribution is 2.46. The molecule has 2 aromatic carbocycles. The van der Waals surface area contributed by atoms with Gasteiger partial charge in [-0.2, -0.15) is 18.2 Å². The van der Waals surface area contributed by atoms with Gasteiger partial charge in [0, 0.05) is 0 Å². The van der Waals surface area contributed by atoms with Crippen molar-refractivity contribution in [2.45, 2.75) is 15.9 Å². The van der Waals surface area contributed by atoms with E-state index in [1.807, 2.05) is 4.99 Å². The molecule has 1 heterocycles. The Hall–Kier alpha value is -2.03. The van der Waals surface area contributed by atoms with Crippen molar-refractivity contribution in [1.82, 2.24) is 0 Å². The van der Waals surface area contributed by atoms with Crippen LogP contribution in [-0.2, 0) is 0 Å². The molecule has 0 saturated carbocycles. The first-order valence-electron chi connectivity index (χ1n) is 7.72. The van der Waals surface area contributed by atoms with Gasteiger partial charge < -0.3 is 14.2 Å². The minimum atomic E-state index is -4.90. The Labute approximate surface area is 172 Å². The Morgan fingerprint density at radius 3 is 2.04 bits per heavy atom. The van der Waals surface area contributed by atoms with Crippen molar-refractivity contribution in [2.24, 2.45) is 0 Å². The second kappa shape index (κ2) is 7.42. The molecule has 0 saturated heterocycles. The van der Waals surface area contributed by atoms with Gasteiger partial charge in [-0.05, 0) is 24.3 Å². The van der Waals surface area contributed by atoms with E-state index in [1.54, 1.807) is 18.2 Å². The number of nitrogens with one attached hydrogen (secondary N) is 2. The number of benzene rings is 2. The molecule has 0 atom stereocenters. The summed E-state index contributed by atoms with van der Waals surface area (Å²) >= 11 is 17.8. The molecule has 3 rings (SSSR count). The van der Waals surface area contributed by atoms with Crippen LogP contribution in [0, 0.1) is 0 Å². The Balaban J connectivity index is 2.08. The lowest BCUT2D eigenvalue weighted by Crippen LogP contribution is -2.97. The molecular formula is C17H13Cl3F3N2O3+. The summed E-state index contributed by atoms with van der Waals surface area (Å²) in [6.45, 7) is 0. The molecule has 2 N–H and O–H groups in total. The zero-order valence-electron chi connectivity index (χ0n) is 14.1. The predicted octanol–water partition coefficient (Wildman–Crippen LogP) is 3.64. The first-order chi connectivity index (χ1) is 13.1. The van der Waals surface area contributed by atoms with E-state index in [2.05, 4.69) is 5.32 Å². The van der Waals surface area contributed by atoms with E-state index in [9.17, 15) is 13.2 Å². The number of hydrogen-bond acceptors (Lipinski definition) is 3. The second-order valence-corrected chi connectivity index (χ2v) is 7.87. The largest absolute Gasteiger partial charge is 0.494 e. The van der Waals surface area contributed by atoms with Crippen LogP contribution >= 0.6 is 34.8 Å². The second-order valence-electron chi connectivity index (χ2n) is 5.59. The zero-order chi connectivity index (χ0) is 20.6. The van der Waals surface area contributed by atoms with Crippen LogP contribution in [0.3, 0.4) is 0 Å². The van der Waals surface area contributed by atoms with Gasteiger partial charge in [-0.25, -0.2) is 5.32 Å². The Bertz CT molecular complexity index is 876. The molecule has 0 amide bonds. The zero-order valence-corrected chi connectivity index (χ0v) is 16.4.